The van der Waals surface area contributed by atoms with Gasteiger partial charge in [0.05, 0.1) is 0 Å². The lowest BCUT2D eigenvalue weighted by Gasteiger charge is -2.05. The smallest absolute Gasteiger partial charge is 0.268 e. The van der Waals surface area contributed by atoms with Crippen LogP contribution in [0, 0.1) is 6.92 Å². The lowest BCUT2D eigenvalue weighted by molar-refractivity contribution is -0.117. The minimum atomic E-state index is -0.376. The predicted octanol–water partition coefficient (Wildman–Crippen LogP) is 2.53. The van der Waals surface area contributed by atoms with Crippen LogP contribution < -0.4 is 10.9 Å². The maximum Gasteiger partial charge on any atom is 0.269 e. The molecule has 2 amide bonds. The Morgan fingerprint density at radius 2 is 1.85 bits per heavy atom. The molecule has 4 nitrogen and oxygen atoms in total. The SMILES string of the molecule is Cc1ccc(C(=O)NNC(=O)C=Cc2cccs2)cc1. The van der Waals surface area contributed by atoms with Crippen LogP contribution >= 0.6 is 11.3 Å². The number of thiophene rings is 1. The van der Waals surface area contributed by atoms with E-state index in [0.717, 1.165) is 10.4 Å². The summed E-state index contributed by atoms with van der Waals surface area (Å²) in [6.07, 6.45) is 3.07. The highest BCUT2D eigenvalue weighted by Crippen LogP contribution is 2.09. The Kier molecular flexibility index (Phi) is 4.68. The van der Waals surface area contributed by atoms with E-state index in [1.807, 2.05) is 36.6 Å². The van der Waals surface area contributed by atoms with Gasteiger partial charge >= 0.3 is 0 Å². The number of carbonyl (C=O) groups excluding carboxylic acids is 2. The van der Waals surface area contributed by atoms with Gasteiger partial charge in [0, 0.05) is 16.5 Å². The number of hydrogen-bond acceptors (Lipinski definition) is 3. The Hall–Kier alpha value is -2.40. The normalized spacial score (nSPS) is 10.4. The van der Waals surface area contributed by atoms with Gasteiger partial charge in [-0.2, -0.15) is 0 Å². The van der Waals surface area contributed by atoms with Crippen molar-refractivity contribution in [1.82, 2.24) is 10.9 Å². The molecule has 2 aromatic rings. The molecular formula is C15H14N2O2S. The first-order valence-electron chi connectivity index (χ1n) is 6.04. The van der Waals surface area contributed by atoms with Gasteiger partial charge in [0.25, 0.3) is 11.8 Å². The van der Waals surface area contributed by atoms with Crippen molar-refractivity contribution in [3.63, 3.8) is 0 Å². The predicted molar refractivity (Wildman–Crippen MR) is 80.1 cm³/mol. The van der Waals surface area contributed by atoms with Gasteiger partial charge in [-0.25, -0.2) is 0 Å². The average Bonchev–Trinajstić information content (AvgIpc) is 2.96. The number of benzene rings is 1. The third-order valence-electron chi connectivity index (χ3n) is 2.56. The molecule has 0 atom stereocenters. The fraction of sp³-hybridized carbons (Fsp3) is 0.0667. The molecule has 0 saturated carbocycles. The van der Waals surface area contributed by atoms with Crippen LogP contribution in [0.15, 0.2) is 47.9 Å². The van der Waals surface area contributed by atoms with Gasteiger partial charge in [0.2, 0.25) is 0 Å². The number of hydrazine groups is 1. The summed E-state index contributed by atoms with van der Waals surface area (Å²) in [6, 6.07) is 10.9. The van der Waals surface area contributed by atoms with Crippen LogP contribution in [0.4, 0.5) is 0 Å². The molecular weight excluding hydrogens is 272 g/mol. The molecule has 2 rings (SSSR count). The van der Waals surface area contributed by atoms with E-state index >= 15 is 0 Å². The van der Waals surface area contributed by atoms with E-state index in [1.54, 1.807) is 18.2 Å². The van der Waals surface area contributed by atoms with Gasteiger partial charge in [0.15, 0.2) is 0 Å². The maximum atomic E-state index is 11.7. The number of aryl methyl sites for hydroxylation is 1. The van der Waals surface area contributed by atoms with Gasteiger partial charge in [0.1, 0.15) is 0 Å². The zero-order valence-electron chi connectivity index (χ0n) is 10.9. The lowest BCUT2D eigenvalue weighted by atomic mass is 10.1. The van der Waals surface area contributed by atoms with Crippen molar-refractivity contribution in [1.29, 1.82) is 0 Å². The summed E-state index contributed by atoms with van der Waals surface area (Å²) in [6.45, 7) is 1.94. The Labute approximate surface area is 121 Å². The summed E-state index contributed by atoms with van der Waals surface area (Å²) >= 11 is 1.53. The van der Waals surface area contributed by atoms with Gasteiger partial charge in [-0.3, -0.25) is 20.4 Å². The summed E-state index contributed by atoms with van der Waals surface area (Å²) in [7, 11) is 0. The van der Waals surface area contributed by atoms with Crippen LogP contribution in [0.25, 0.3) is 6.08 Å². The van der Waals surface area contributed by atoms with E-state index in [4.69, 9.17) is 0 Å². The Bertz CT molecular complexity index is 616. The third kappa shape index (κ3) is 4.07. The Morgan fingerprint density at radius 1 is 1.10 bits per heavy atom. The van der Waals surface area contributed by atoms with Crippen LogP contribution in [0.5, 0.6) is 0 Å². The lowest BCUT2D eigenvalue weighted by Crippen LogP contribution is -2.40. The summed E-state index contributed by atoms with van der Waals surface area (Å²) in [5.74, 6) is -0.721. The largest absolute Gasteiger partial charge is 0.269 e. The van der Waals surface area contributed by atoms with E-state index in [1.165, 1.54) is 17.4 Å². The van der Waals surface area contributed by atoms with Crippen LogP contribution in [0.2, 0.25) is 0 Å². The van der Waals surface area contributed by atoms with E-state index in [0.29, 0.717) is 5.56 Å². The number of hydrogen-bond donors (Lipinski definition) is 2. The number of amides is 2. The minimum absolute atomic E-state index is 0.345. The third-order valence-corrected chi connectivity index (χ3v) is 3.39. The zero-order valence-corrected chi connectivity index (χ0v) is 11.7. The van der Waals surface area contributed by atoms with Crippen LogP contribution in [0.3, 0.4) is 0 Å². The van der Waals surface area contributed by atoms with E-state index in [-0.39, 0.29) is 11.8 Å². The second kappa shape index (κ2) is 6.68. The number of carbonyl (C=O) groups is 2. The van der Waals surface area contributed by atoms with Crippen molar-refractivity contribution in [3.05, 3.63) is 63.9 Å². The molecule has 0 spiro atoms. The molecule has 1 aromatic heterocycles. The van der Waals surface area contributed by atoms with Crippen LogP contribution in [-0.2, 0) is 4.79 Å². The van der Waals surface area contributed by atoms with E-state index < -0.39 is 0 Å². The van der Waals surface area contributed by atoms with Gasteiger partial charge in [-0.15, -0.1) is 11.3 Å². The topological polar surface area (TPSA) is 58.2 Å². The molecule has 102 valence electrons. The first kappa shape index (κ1) is 14.0. The van der Waals surface area contributed by atoms with Crippen molar-refractivity contribution >= 4 is 29.2 Å². The Morgan fingerprint density at radius 3 is 2.50 bits per heavy atom. The zero-order chi connectivity index (χ0) is 14.4. The van der Waals surface area contributed by atoms with Gasteiger partial charge in [-0.1, -0.05) is 23.8 Å². The molecule has 5 heteroatoms. The molecule has 2 N–H and O–H groups in total. The molecule has 0 aliphatic rings. The summed E-state index contributed by atoms with van der Waals surface area (Å²) in [5.41, 5.74) is 6.27. The van der Waals surface area contributed by atoms with Crippen molar-refractivity contribution in [3.8, 4) is 0 Å². The van der Waals surface area contributed by atoms with Gasteiger partial charge < -0.3 is 0 Å². The molecule has 1 aromatic carbocycles. The molecule has 0 fully saturated rings. The number of rotatable bonds is 3. The van der Waals surface area contributed by atoms with Crippen molar-refractivity contribution in [2.24, 2.45) is 0 Å². The maximum absolute atomic E-state index is 11.7. The van der Waals surface area contributed by atoms with Crippen LogP contribution in [-0.4, -0.2) is 11.8 Å². The standard InChI is InChI=1S/C15H14N2O2S/c1-11-4-6-12(7-5-11)15(19)17-16-14(18)9-8-13-3-2-10-20-13/h2-10H,1H3,(H,16,18)(H,17,19). The quantitative estimate of drug-likeness (QED) is 0.673. The molecule has 0 aliphatic carbocycles. The number of nitrogens with one attached hydrogen (secondary N) is 2. The highest BCUT2D eigenvalue weighted by atomic mass is 32.1. The van der Waals surface area contributed by atoms with Gasteiger partial charge in [-0.05, 0) is 36.6 Å². The second-order valence-corrected chi connectivity index (χ2v) is 5.14. The molecule has 20 heavy (non-hydrogen) atoms. The van der Waals surface area contributed by atoms with Crippen molar-refractivity contribution < 1.29 is 9.59 Å². The fourth-order valence-corrected chi connectivity index (χ4v) is 2.10. The molecule has 0 aliphatic heterocycles. The summed E-state index contributed by atoms with van der Waals surface area (Å²) < 4.78 is 0. The highest BCUT2D eigenvalue weighted by molar-refractivity contribution is 7.10. The van der Waals surface area contributed by atoms with Crippen molar-refractivity contribution in [2.45, 2.75) is 6.92 Å². The van der Waals surface area contributed by atoms with Crippen LogP contribution in [0.1, 0.15) is 20.8 Å². The first-order valence-corrected chi connectivity index (χ1v) is 6.92. The first-order chi connectivity index (χ1) is 9.65. The highest BCUT2D eigenvalue weighted by Gasteiger charge is 2.05. The fourth-order valence-electron chi connectivity index (χ4n) is 1.48. The molecule has 0 bridgehead atoms. The van der Waals surface area contributed by atoms with E-state index in [2.05, 4.69) is 10.9 Å². The Balaban J connectivity index is 1.84. The summed E-state index contributed by atoms with van der Waals surface area (Å²) in [4.78, 5) is 24.2. The van der Waals surface area contributed by atoms with Crippen molar-refractivity contribution in [2.75, 3.05) is 0 Å². The second-order valence-electron chi connectivity index (χ2n) is 4.16. The average molecular weight is 286 g/mol. The molecule has 0 radical (unpaired) electrons. The molecule has 0 saturated heterocycles. The minimum Gasteiger partial charge on any atom is -0.268 e. The van der Waals surface area contributed by atoms with E-state index in [9.17, 15) is 9.59 Å². The molecule has 1 heterocycles. The monoisotopic (exact) mass is 286 g/mol. The molecule has 0 unspecified atom stereocenters. The summed E-state index contributed by atoms with van der Waals surface area (Å²) in [5, 5.41) is 1.93.